The molecule has 0 amide bonds. The summed E-state index contributed by atoms with van der Waals surface area (Å²) in [4.78, 5) is 0. The van der Waals surface area contributed by atoms with Crippen LogP contribution >= 0.6 is 12.2 Å². The van der Waals surface area contributed by atoms with E-state index in [1.165, 1.54) is 30.4 Å². The van der Waals surface area contributed by atoms with Crippen LogP contribution < -0.4 is 10.7 Å². The third-order valence-corrected chi connectivity index (χ3v) is 3.57. The topological polar surface area (TPSA) is 27.3 Å². The minimum Gasteiger partial charge on any atom is -0.332 e. The zero-order valence-corrected chi connectivity index (χ0v) is 11.9. The lowest BCUT2D eigenvalue weighted by molar-refractivity contribution is 0.196. The molecule has 2 rings (SSSR count). The molecule has 1 aliphatic heterocycles. The molecule has 0 unspecified atom stereocenters. The molecule has 1 saturated heterocycles. The number of hydrogen-bond acceptors (Lipinski definition) is 2. The summed E-state index contributed by atoms with van der Waals surface area (Å²) in [5.74, 6) is 0. The van der Waals surface area contributed by atoms with Crippen LogP contribution in [0.3, 0.4) is 0 Å². The van der Waals surface area contributed by atoms with Crippen molar-refractivity contribution in [2.75, 3.05) is 18.4 Å². The van der Waals surface area contributed by atoms with Gasteiger partial charge in [0.2, 0.25) is 0 Å². The number of anilines is 1. The second kappa shape index (κ2) is 6.16. The highest BCUT2D eigenvalue weighted by molar-refractivity contribution is 7.80. The monoisotopic (exact) mass is 263 g/mol. The quantitative estimate of drug-likeness (QED) is 0.802. The predicted octanol–water partition coefficient (Wildman–Crippen LogP) is 2.99. The molecular weight excluding hydrogens is 242 g/mol. The van der Waals surface area contributed by atoms with E-state index in [1.807, 2.05) is 0 Å². The molecule has 0 atom stereocenters. The molecule has 98 valence electrons. The van der Waals surface area contributed by atoms with Gasteiger partial charge in [-0.05, 0) is 62.2 Å². The van der Waals surface area contributed by atoms with Crippen LogP contribution in [0, 0.1) is 13.8 Å². The summed E-state index contributed by atoms with van der Waals surface area (Å²) in [6, 6.07) is 6.30. The van der Waals surface area contributed by atoms with Crippen molar-refractivity contribution in [2.45, 2.75) is 33.1 Å². The average Bonchev–Trinajstić information content (AvgIpc) is 2.35. The second-order valence-corrected chi connectivity index (χ2v) is 5.32. The van der Waals surface area contributed by atoms with E-state index in [2.05, 4.69) is 47.8 Å². The molecule has 2 N–H and O–H groups in total. The number of nitrogens with one attached hydrogen (secondary N) is 2. The van der Waals surface area contributed by atoms with Crippen LogP contribution in [0.25, 0.3) is 0 Å². The number of benzene rings is 1. The zero-order valence-electron chi connectivity index (χ0n) is 11.1. The van der Waals surface area contributed by atoms with E-state index in [1.54, 1.807) is 0 Å². The minimum atomic E-state index is 0.681. The van der Waals surface area contributed by atoms with Gasteiger partial charge in [0, 0.05) is 18.8 Å². The summed E-state index contributed by atoms with van der Waals surface area (Å²) in [6.45, 7) is 6.38. The maximum atomic E-state index is 5.33. The Labute approximate surface area is 115 Å². The number of hydrogen-bond donors (Lipinski definition) is 2. The van der Waals surface area contributed by atoms with Crippen molar-refractivity contribution in [1.29, 1.82) is 0 Å². The van der Waals surface area contributed by atoms with Gasteiger partial charge in [-0.15, -0.1) is 0 Å². The summed E-state index contributed by atoms with van der Waals surface area (Å²) >= 11 is 5.33. The predicted molar refractivity (Wildman–Crippen MR) is 80.7 cm³/mol. The Hall–Kier alpha value is -1.13. The summed E-state index contributed by atoms with van der Waals surface area (Å²) in [6.07, 6.45) is 3.83. The number of piperidine rings is 1. The smallest absolute Gasteiger partial charge is 0.185 e. The second-order valence-electron chi connectivity index (χ2n) is 4.91. The third kappa shape index (κ3) is 3.68. The van der Waals surface area contributed by atoms with Crippen molar-refractivity contribution in [1.82, 2.24) is 10.4 Å². The zero-order chi connectivity index (χ0) is 13.0. The van der Waals surface area contributed by atoms with Crippen molar-refractivity contribution >= 4 is 23.0 Å². The molecular formula is C14H21N3S. The van der Waals surface area contributed by atoms with Crippen LogP contribution in [0.2, 0.25) is 0 Å². The number of thiocarbonyl (C=S) groups is 1. The first kappa shape index (κ1) is 13.3. The van der Waals surface area contributed by atoms with Crippen molar-refractivity contribution in [3.05, 3.63) is 29.3 Å². The largest absolute Gasteiger partial charge is 0.332 e. The van der Waals surface area contributed by atoms with Gasteiger partial charge >= 0.3 is 0 Å². The fraction of sp³-hybridized carbons (Fsp3) is 0.500. The number of aryl methyl sites for hydroxylation is 2. The van der Waals surface area contributed by atoms with E-state index in [0.717, 1.165) is 18.8 Å². The van der Waals surface area contributed by atoms with Gasteiger partial charge in [0.15, 0.2) is 5.11 Å². The SMILES string of the molecule is Cc1ccc(NC(=S)NN2CCCCC2)cc1C. The van der Waals surface area contributed by atoms with Crippen LogP contribution in [0.1, 0.15) is 30.4 Å². The fourth-order valence-electron chi connectivity index (χ4n) is 2.13. The van der Waals surface area contributed by atoms with E-state index < -0.39 is 0 Å². The van der Waals surface area contributed by atoms with E-state index in [9.17, 15) is 0 Å². The number of rotatable bonds is 2. The Morgan fingerprint density at radius 1 is 1.11 bits per heavy atom. The Kier molecular flexibility index (Phi) is 4.55. The van der Waals surface area contributed by atoms with Gasteiger partial charge in [0.05, 0.1) is 0 Å². The summed E-state index contributed by atoms with van der Waals surface area (Å²) in [5, 5.41) is 6.11. The summed E-state index contributed by atoms with van der Waals surface area (Å²) < 4.78 is 0. The van der Waals surface area contributed by atoms with Crippen LogP contribution in [0.15, 0.2) is 18.2 Å². The molecule has 0 bridgehead atoms. The lowest BCUT2D eigenvalue weighted by Gasteiger charge is -2.28. The first-order valence-corrected chi connectivity index (χ1v) is 6.96. The van der Waals surface area contributed by atoms with Gasteiger partial charge in [0.1, 0.15) is 0 Å². The molecule has 1 aromatic carbocycles. The van der Waals surface area contributed by atoms with Crippen molar-refractivity contribution in [3.63, 3.8) is 0 Å². The van der Waals surface area contributed by atoms with Crippen LogP contribution in [-0.2, 0) is 0 Å². The van der Waals surface area contributed by atoms with E-state index in [-0.39, 0.29) is 0 Å². The normalized spacial score (nSPS) is 16.3. The third-order valence-electron chi connectivity index (χ3n) is 3.38. The molecule has 0 aromatic heterocycles. The van der Waals surface area contributed by atoms with Crippen LogP contribution in [0.5, 0.6) is 0 Å². The van der Waals surface area contributed by atoms with Crippen molar-refractivity contribution < 1.29 is 0 Å². The fourth-order valence-corrected chi connectivity index (χ4v) is 2.37. The van der Waals surface area contributed by atoms with Crippen molar-refractivity contribution in [3.8, 4) is 0 Å². The summed E-state index contributed by atoms with van der Waals surface area (Å²) in [7, 11) is 0. The molecule has 1 aliphatic rings. The van der Waals surface area contributed by atoms with Gasteiger partial charge in [-0.25, -0.2) is 5.01 Å². The van der Waals surface area contributed by atoms with Crippen LogP contribution in [0.4, 0.5) is 5.69 Å². The lowest BCUT2D eigenvalue weighted by Crippen LogP contribution is -2.46. The molecule has 1 aromatic rings. The Morgan fingerprint density at radius 3 is 2.50 bits per heavy atom. The number of nitrogens with zero attached hydrogens (tertiary/aromatic N) is 1. The van der Waals surface area contributed by atoms with Crippen molar-refractivity contribution in [2.24, 2.45) is 0 Å². The highest BCUT2D eigenvalue weighted by atomic mass is 32.1. The molecule has 1 fully saturated rings. The molecule has 3 nitrogen and oxygen atoms in total. The van der Waals surface area contributed by atoms with Gasteiger partial charge < -0.3 is 5.32 Å². The lowest BCUT2D eigenvalue weighted by atomic mass is 10.1. The summed E-state index contributed by atoms with van der Waals surface area (Å²) in [5.41, 5.74) is 6.88. The highest BCUT2D eigenvalue weighted by Gasteiger charge is 2.10. The van der Waals surface area contributed by atoms with Crippen LogP contribution in [-0.4, -0.2) is 23.2 Å². The van der Waals surface area contributed by atoms with E-state index in [4.69, 9.17) is 12.2 Å². The average molecular weight is 263 g/mol. The van der Waals surface area contributed by atoms with Gasteiger partial charge in [-0.3, -0.25) is 5.43 Å². The maximum Gasteiger partial charge on any atom is 0.185 e. The molecule has 1 heterocycles. The molecule has 0 radical (unpaired) electrons. The molecule has 0 spiro atoms. The highest BCUT2D eigenvalue weighted by Crippen LogP contribution is 2.14. The molecule has 4 heteroatoms. The van der Waals surface area contributed by atoms with Gasteiger partial charge in [-0.2, -0.15) is 0 Å². The molecule has 18 heavy (non-hydrogen) atoms. The molecule has 0 aliphatic carbocycles. The standard InChI is InChI=1S/C14H21N3S/c1-11-6-7-13(10-12(11)2)15-14(18)16-17-8-4-3-5-9-17/h6-7,10H,3-5,8-9H2,1-2H3,(H2,15,16,18). The Balaban J connectivity index is 1.88. The van der Waals surface area contributed by atoms with E-state index in [0.29, 0.717) is 5.11 Å². The number of hydrazine groups is 1. The van der Waals surface area contributed by atoms with E-state index >= 15 is 0 Å². The Morgan fingerprint density at radius 2 is 1.83 bits per heavy atom. The van der Waals surface area contributed by atoms with Gasteiger partial charge in [0.25, 0.3) is 0 Å². The Bertz CT molecular complexity index is 425. The first-order chi connectivity index (χ1) is 8.65. The first-order valence-electron chi connectivity index (χ1n) is 6.55. The molecule has 0 saturated carbocycles. The maximum absolute atomic E-state index is 5.33. The van der Waals surface area contributed by atoms with Gasteiger partial charge in [-0.1, -0.05) is 12.5 Å². The minimum absolute atomic E-state index is 0.681.